The third-order valence-electron chi connectivity index (χ3n) is 6.61. The number of likely N-dealkylation sites (tertiary alicyclic amines) is 1. The highest BCUT2D eigenvalue weighted by molar-refractivity contribution is 6.02. The first-order valence-electron chi connectivity index (χ1n) is 12.0. The van der Waals surface area contributed by atoms with Crippen LogP contribution in [0.5, 0.6) is 0 Å². The Kier molecular flexibility index (Phi) is 5.91. The summed E-state index contributed by atoms with van der Waals surface area (Å²) < 4.78 is 3.88. The van der Waals surface area contributed by atoms with Gasteiger partial charge in [-0.15, -0.1) is 0 Å². The molecule has 10 heteroatoms. The van der Waals surface area contributed by atoms with Crippen molar-refractivity contribution in [1.29, 1.82) is 0 Å². The van der Waals surface area contributed by atoms with Crippen molar-refractivity contribution in [2.45, 2.75) is 59.2 Å². The van der Waals surface area contributed by atoms with Gasteiger partial charge in [-0.2, -0.15) is 15.3 Å². The Labute approximate surface area is 198 Å². The molecule has 3 aromatic heterocycles. The molecule has 4 heterocycles. The number of fused-ring (bicyclic) bond motifs is 1. The molecule has 178 valence electrons. The van der Waals surface area contributed by atoms with E-state index >= 15 is 0 Å². The van der Waals surface area contributed by atoms with Crippen LogP contribution >= 0.6 is 0 Å². The summed E-state index contributed by atoms with van der Waals surface area (Å²) in [6.45, 7) is 9.92. The summed E-state index contributed by atoms with van der Waals surface area (Å²) >= 11 is 0. The number of aromatic nitrogens is 7. The molecule has 5 rings (SSSR count). The predicted molar refractivity (Wildman–Crippen MR) is 130 cm³/mol. The van der Waals surface area contributed by atoms with Crippen LogP contribution in [0.25, 0.3) is 33.8 Å². The largest absolute Gasteiger partial charge is 0.366 e. The van der Waals surface area contributed by atoms with Gasteiger partial charge in [-0.25, -0.2) is 4.98 Å². The van der Waals surface area contributed by atoms with Crippen LogP contribution in [0, 0.1) is 6.92 Å². The minimum absolute atomic E-state index is 0.418. The number of nitrogens with zero attached hydrogens (tertiary/aromatic N) is 7. The molecule has 1 aromatic carbocycles. The van der Waals surface area contributed by atoms with Crippen LogP contribution in [-0.4, -0.2) is 64.7 Å². The molecule has 3 N–H and O–H groups in total. The van der Waals surface area contributed by atoms with E-state index in [0.717, 1.165) is 66.9 Å². The quantitative estimate of drug-likeness (QED) is 0.416. The third kappa shape index (κ3) is 3.98. The Bertz CT molecular complexity index is 1330. The number of aromatic amines is 1. The molecule has 0 saturated carbocycles. The van der Waals surface area contributed by atoms with Crippen molar-refractivity contribution < 1.29 is 4.79 Å². The van der Waals surface area contributed by atoms with Crippen LogP contribution in [0.15, 0.2) is 24.4 Å². The van der Waals surface area contributed by atoms with Crippen LogP contribution in [0.3, 0.4) is 0 Å². The molecule has 1 fully saturated rings. The lowest BCUT2D eigenvalue weighted by atomic mass is 10.0. The second kappa shape index (κ2) is 9.02. The number of nitrogens with one attached hydrogen (secondary N) is 1. The lowest BCUT2D eigenvalue weighted by Crippen LogP contribution is -2.33. The van der Waals surface area contributed by atoms with Gasteiger partial charge in [-0.05, 0) is 64.4 Å². The minimum atomic E-state index is -0.486. The summed E-state index contributed by atoms with van der Waals surface area (Å²) in [6.07, 6.45) is 5.33. The van der Waals surface area contributed by atoms with Gasteiger partial charge >= 0.3 is 0 Å². The molecule has 10 nitrogen and oxygen atoms in total. The molecule has 0 aliphatic carbocycles. The van der Waals surface area contributed by atoms with Gasteiger partial charge in [0.05, 0.1) is 24.0 Å². The Balaban J connectivity index is 1.56. The molecule has 4 aromatic rings. The van der Waals surface area contributed by atoms with E-state index in [9.17, 15) is 4.79 Å². The number of primary amides is 1. The number of amides is 1. The number of nitrogens with two attached hydrogens (primary N) is 1. The van der Waals surface area contributed by atoms with Crippen molar-refractivity contribution in [2.24, 2.45) is 5.73 Å². The average Bonchev–Trinajstić information content (AvgIpc) is 3.61. The molecular weight excluding hydrogens is 430 g/mol. The molecule has 1 atom stereocenters. The van der Waals surface area contributed by atoms with Crippen molar-refractivity contribution in [2.75, 3.05) is 13.1 Å². The number of rotatable bonds is 8. The second-order valence-electron chi connectivity index (χ2n) is 8.97. The third-order valence-corrected chi connectivity index (χ3v) is 6.61. The number of carbonyl (C=O) groups is 1. The van der Waals surface area contributed by atoms with E-state index in [0.29, 0.717) is 23.3 Å². The molecule has 1 aliphatic heterocycles. The molecule has 34 heavy (non-hydrogen) atoms. The first kappa shape index (κ1) is 22.3. The fourth-order valence-corrected chi connectivity index (χ4v) is 5.01. The first-order chi connectivity index (χ1) is 16.5. The van der Waals surface area contributed by atoms with Crippen molar-refractivity contribution >= 4 is 16.8 Å². The number of hydrogen-bond donors (Lipinski definition) is 2. The summed E-state index contributed by atoms with van der Waals surface area (Å²) in [5, 5.41) is 17.6. The van der Waals surface area contributed by atoms with E-state index in [-0.39, 0.29) is 0 Å². The smallest absolute Gasteiger partial charge is 0.248 e. The lowest BCUT2D eigenvalue weighted by Gasteiger charge is -2.24. The Hall–Kier alpha value is -3.53. The number of H-pyrrole nitrogens is 1. The molecule has 1 amide bonds. The van der Waals surface area contributed by atoms with Gasteiger partial charge in [-0.3, -0.25) is 24.2 Å². The first-order valence-corrected chi connectivity index (χ1v) is 12.0. The van der Waals surface area contributed by atoms with Crippen molar-refractivity contribution in [1.82, 2.24) is 39.6 Å². The molecule has 1 aliphatic rings. The molecule has 0 spiro atoms. The van der Waals surface area contributed by atoms with E-state index in [2.05, 4.69) is 27.1 Å². The highest BCUT2D eigenvalue weighted by atomic mass is 16.1. The standard InChI is InChI=1S/C24H31N9O/c1-4-8-31-9-6-7-17(31)14-33-20-12-16(22(25)34)11-18(19(20)13-26-33)23-27-24(29-28-23)21-10-15(3)30-32(21)5-2/h10-13,17H,4-9,14H2,1-3H3,(H2,25,34)(H,27,28,29)/t17-/m1/s1. The van der Waals surface area contributed by atoms with E-state index in [1.165, 1.54) is 6.42 Å². The Morgan fingerprint density at radius 1 is 1.24 bits per heavy atom. The zero-order valence-electron chi connectivity index (χ0n) is 20.0. The Morgan fingerprint density at radius 3 is 2.85 bits per heavy atom. The number of benzene rings is 1. The van der Waals surface area contributed by atoms with Crippen molar-refractivity contribution in [3.05, 3.63) is 35.7 Å². The topological polar surface area (TPSA) is 124 Å². The summed E-state index contributed by atoms with van der Waals surface area (Å²) in [4.78, 5) is 19.5. The van der Waals surface area contributed by atoms with Crippen molar-refractivity contribution in [3.63, 3.8) is 0 Å². The van der Waals surface area contributed by atoms with Gasteiger partial charge in [0.15, 0.2) is 11.6 Å². The van der Waals surface area contributed by atoms with E-state index < -0.39 is 5.91 Å². The molecule has 0 bridgehead atoms. The lowest BCUT2D eigenvalue weighted by molar-refractivity contribution is 0.100. The van der Waals surface area contributed by atoms with Gasteiger partial charge < -0.3 is 5.73 Å². The molecule has 0 radical (unpaired) electrons. The monoisotopic (exact) mass is 461 g/mol. The van der Waals surface area contributed by atoms with Crippen LogP contribution in [-0.2, 0) is 13.1 Å². The van der Waals surface area contributed by atoms with E-state index in [1.807, 2.05) is 41.5 Å². The van der Waals surface area contributed by atoms with Gasteiger partial charge in [-0.1, -0.05) is 6.92 Å². The van der Waals surface area contributed by atoms with Crippen LogP contribution < -0.4 is 5.73 Å². The molecule has 1 saturated heterocycles. The summed E-state index contributed by atoms with van der Waals surface area (Å²) in [5.41, 5.74) is 9.50. The minimum Gasteiger partial charge on any atom is -0.366 e. The molecule has 0 unspecified atom stereocenters. The van der Waals surface area contributed by atoms with Gasteiger partial charge in [0, 0.05) is 29.1 Å². The van der Waals surface area contributed by atoms with Crippen LogP contribution in [0.2, 0.25) is 0 Å². The average molecular weight is 462 g/mol. The van der Waals surface area contributed by atoms with E-state index in [4.69, 9.17) is 15.8 Å². The second-order valence-corrected chi connectivity index (χ2v) is 8.97. The fraction of sp³-hybridized carbons (Fsp3) is 0.458. The fourth-order valence-electron chi connectivity index (χ4n) is 5.01. The zero-order valence-corrected chi connectivity index (χ0v) is 20.0. The highest BCUT2D eigenvalue weighted by Crippen LogP contribution is 2.30. The van der Waals surface area contributed by atoms with Gasteiger partial charge in [0.2, 0.25) is 5.91 Å². The van der Waals surface area contributed by atoms with Crippen LogP contribution in [0.1, 0.15) is 49.2 Å². The number of carbonyl (C=O) groups excluding carboxylic acids is 1. The predicted octanol–water partition coefficient (Wildman–Crippen LogP) is 2.99. The zero-order chi connectivity index (χ0) is 23.8. The maximum Gasteiger partial charge on any atom is 0.248 e. The van der Waals surface area contributed by atoms with Crippen molar-refractivity contribution in [3.8, 4) is 22.9 Å². The maximum atomic E-state index is 12.2. The normalized spacial score (nSPS) is 16.6. The van der Waals surface area contributed by atoms with Crippen LogP contribution in [0.4, 0.5) is 0 Å². The molecular formula is C24H31N9O. The van der Waals surface area contributed by atoms with Gasteiger partial charge in [0.25, 0.3) is 0 Å². The summed E-state index contributed by atoms with van der Waals surface area (Å²) in [5.74, 6) is 0.640. The number of hydrogen-bond acceptors (Lipinski definition) is 6. The highest BCUT2D eigenvalue weighted by Gasteiger charge is 2.25. The SMILES string of the molecule is CCCN1CCC[C@@H]1Cn1ncc2c(-c3n[nH]c(-c4cc(C)nn4CC)n3)cc(C(N)=O)cc21. The number of aryl methyl sites for hydroxylation is 2. The summed E-state index contributed by atoms with van der Waals surface area (Å²) in [6, 6.07) is 6.00. The van der Waals surface area contributed by atoms with Gasteiger partial charge in [0.1, 0.15) is 5.69 Å². The summed E-state index contributed by atoms with van der Waals surface area (Å²) in [7, 11) is 0. The maximum absolute atomic E-state index is 12.2. The van der Waals surface area contributed by atoms with E-state index in [1.54, 1.807) is 6.07 Å². The Morgan fingerprint density at radius 2 is 2.09 bits per heavy atom.